The Kier molecular flexibility index (Phi) is 5.71. The summed E-state index contributed by atoms with van der Waals surface area (Å²) in [6.07, 6.45) is 1.91. The molecule has 1 aliphatic rings. The number of nitrogen functional groups attached to an aromatic ring is 1. The predicted octanol–water partition coefficient (Wildman–Crippen LogP) is -3.88. The van der Waals surface area contributed by atoms with Gasteiger partial charge in [-0.1, -0.05) is 11.3 Å². The van der Waals surface area contributed by atoms with Gasteiger partial charge in [0, 0.05) is 18.7 Å². The number of aromatic nitrogens is 3. The molecule has 0 aromatic carbocycles. The number of thiazole rings is 1. The molecule has 2 heterocycles. The average molecular weight is 360 g/mol. The Morgan fingerprint density at radius 3 is 2.78 bits per heavy atom. The molecular formula is C13H18ClN5O3S. The Morgan fingerprint density at radius 2 is 2.17 bits per heavy atom. The molecule has 4 atom stereocenters. The SMILES string of the molecule is Nc1ncc(-c2[nH+]ccs2)c(N[C@@H]2C[C@H](CO)[C@@H](O)[C@H]2O)n1.[Cl-]. The molecule has 0 aliphatic heterocycles. The lowest BCUT2D eigenvalue weighted by atomic mass is 10.1. The molecule has 10 heteroatoms. The molecule has 3 rings (SSSR count). The van der Waals surface area contributed by atoms with Gasteiger partial charge in [-0.25, -0.2) is 9.97 Å². The summed E-state index contributed by atoms with van der Waals surface area (Å²) < 4.78 is 0. The van der Waals surface area contributed by atoms with Crippen molar-refractivity contribution in [3.63, 3.8) is 0 Å². The second kappa shape index (κ2) is 7.37. The van der Waals surface area contributed by atoms with Gasteiger partial charge in [-0.15, -0.1) is 0 Å². The predicted molar refractivity (Wildman–Crippen MR) is 80.9 cm³/mol. The second-order valence-electron chi connectivity index (χ2n) is 5.29. The lowest BCUT2D eigenvalue weighted by Gasteiger charge is -2.19. The third-order valence-corrected chi connectivity index (χ3v) is 4.72. The van der Waals surface area contributed by atoms with Gasteiger partial charge in [0.2, 0.25) is 5.95 Å². The summed E-state index contributed by atoms with van der Waals surface area (Å²) in [7, 11) is 0. The van der Waals surface area contributed by atoms with Crippen LogP contribution in [0.3, 0.4) is 0 Å². The minimum absolute atomic E-state index is 0. The zero-order chi connectivity index (χ0) is 15.7. The number of H-pyrrole nitrogens is 1. The van der Waals surface area contributed by atoms with E-state index in [9.17, 15) is 15.3 Å². The summed E-state index contributed by atoms with van der Waals surface area (Å²) in [5, 5.41) is 35.1. The third kappa shape index (κ3) is 3.54. The molecule has 0 radical (unpaired) electrons. The molecule has 0 bridgehead atoms. The van der Waals surface area contributed by atoms with Crippen molar-refractivity contribution in [1.29, 1.82) is 0 Å². The first-order valence-electron chi connectivity index (χ1n) is 6.91. The van der Waals surface area contributed by atoms with Gasteiger partial charge in [-0.05, 0) is 6.42 Å². The number of rotatable bonds is 4. The number of aromatic amines is 1. The van der Waals surface area contributed by atoms with Crippen LogP contribution >= 0.6 is 11.3 Å². The van der Waals surface area contributed by atoms with Crippen molar-refractivity contribution in [2.24, 2.45) is 5.92 Å². The number of nitrogens with zero attached hydrogens (tertiary/aromatic N) is 2. The van der Waals surface area contributed by atoms with Crippen molar-refractivity contribution in [1.82, 2.24) is 9.97 Å². The van der Waals surface area contributed by atoms with E-state index in [0.29, 0.717) is 12.2 Å². The van der Waals surface area contributed by atoms with Crippen LogP contribution < -0.4 is 28.4 Å². The zero-order valence-electron chi connectivity index (χ0n) is 12.1. The van der Waals surface area contributed by atoms with Crippen molar-refractivity contribution in [3.8, 4) is 10.6 Å². The van der Waals surface area contributed by atoms with Gasteiger partial charge in [0.15, 0.2) is 6.20 Å². The van der Waals surface area contributed by atoms with Gasteiger partial charge in [0.05, 0.1) is 17.5 Å². The first-order chi connectivity index (χ1) is 10.6. The molecule has 23 heavy (non-hydrogen) atoms. The Bertz CT molecular complexity index is 645. The molecule has 1 saturated carbocycles. The summed E-state index contributed by atoms with van der Waals surface area (Å²) in [6.45, 7) is -0.173. The number of hydrogen-bond donors (Lipinski definition) is 5. The Morgan fingerprint density at radius 1 is 1.39 bits per heavy atom. The van der Waals surface area contributed by atoms with Crippen LogP contribution in [-0.4, -0.2) is 50.1 Å². The normalized spacial score (nSPS) is 26.7. The van der Waals surface area contributed by atoms with Crippen molar-refractivity contribution < 1.29 is 32.7 Å². The molecule has 8 nitrogen and oxygen atoms in total. The zero-order valence-corrected chi connectivity index (χ0v) is 13.6. The molecule has 7 N–H and O–H groups in total. The van der Waals surface area contributed by atoms with Crippen LogP contribution in [-0.2, 0) is 0 Å². The van der Waals surface area contributed by atoms with Gasteiger partial charge in [0.25, 0.3) is 5.01 Å². The maximum atomic E-state index is 10.1. The van der Waals surface area contributed by atoms with Crippen LogP contribution in [0.15, 0.2) is 17.8 Å². The van der Waals surface area contributed by atoms with Crippen molar-refractivity contribution in [3.05, 3.63) is 17.8 Å². The monoisotopic (exact) mass is 359 g/mol. The number of aliphatic hydroxyl groups is 3. The number of nitrogens with one attached hydrogen (secondary N) is 2. The summed E-state index contributed by atoms with van der Waals surface area (Å²) >= 11 is 1.49. The van der Waals surface area contributed by atoms with Crippen LogP contribution in [0, 0.1) is 5.92 Å². The fourth-order valence-corrected chi connectivity index (χ4v) is 3.37. The molecule has 1 fully saturated rings. The van der Waals surface area contributed by atoms with E-state index in [1.807, 2.05) is 5.38 Å². The summed E-state index contributed by atoms with van der Waals surface area (Å²) in [4.78, 5) is 11.3. The van der Waals surface area contributed by atoms with Gasteiger partial charge in [-0.3, -0.25) is 0 Å². The first-order valence-corrected chi connectivity index (χ1v) is 7.79. The van der Waals surface area contributed by atoms with Crippen molar-refractivity contribution in [2.75, 3.05) is 17.7 Å². The quantitative estimate of drug-likeness (QED) is 0.376. The van der Waals surface area contributed by atoms with Gasteiger partial charge < -0.3 is 38.8 Å². The fraction of sp³-hybridized carbons (Fsp3) is 0.462. The maximum absolute atomic E-state index is 10.1. The summed E-state index contributed by atoms with van der Waals surface area (Å²) in [6, 6.07) is -0.417. The number of halogens is 1. The Labute approximate surface area is 142 Å². The van der Waals surface area contributed by atoms with Gasteiger partial charge in [-0.2, -0.15) is 4.98 Å². The van der Waals surface area contributed by atoms with Crippen LogP contribution in [0.2, 0.25) is 0 Å². The Balaban J connectivity index is 0.00000192. The highest BCUT2D eigenvalue weighted by Gasteiger charge is 2.41. The molecule has 0 unspecified atom stereocenters. The van der Waals surface area contributed by atoms with Gasteiger partial charge in [0.1, 0.15) is 17.5 Å². The summed E-state index contributed by atoms with van der Waals surface area (Å²) in [5.41, 5.74) is 6.38. The standard InChI is InChI=1S/C13H17N5O3S.ClH/c14-13-16-4-7(12-15-1-2-22-12)11(18-13)17-8-3-6(5-19)9(20)10(8)21;/h1-2,4,6,8-10,19-21H,3,5H2,(H3,14,16,17,18);1H/t6-,8-,9-,10+;/m1./s1. The van der Waals surface area contributed by atoms with E-state index >= 15 is 0 Å². The first kappa shape index (κ1) is 17.8. The second-order valence-corrected chi connectivity index (χ2v) is 6.21. The highest BCUT2D eigenvalue weighted by molar-refractivity contribution is 7.12. The lowest BCUT2D eigenvalue weighted by Crippen LogP contribution is -3.00. The van der Waals surface area contributed by atoms with Crippen LogP contribution in [0.4, 0.5) is 11.8 Å². The molecule has 2 aromatic rings. The van der Waals surface area contributed by atoms with Crippen molar-refractivity contribution in [2.45, 2.75) is 24.7 Å². The fourth-order valence-electron chi connectivity index (χ4n) is 2.68. The molecule has 0 spiro atoms. The van der Waals surface area contributed by atoms with Crippen LogP contribution in [0.25, 0.3) is 10.6 Å². The molecule has 126 valence electrons. The van der Waals surface area contributed by atoms with E-state index in [0.717, 1.165) is 10.6 Å². The van der Waals surface area contributed by atoms with E-state index in [4.69, 9.17) is 5.73 Å². The molecule has 0 saturated heterocycles. The van der Waals surface area contributed by atoms with E-state index in [1.54, 1.807) is 12.4 Å². The maximum Gasteiger partial charge on any atom is 0.272 e. The summed E-state index contributed by atoms with van der Waals surface area (Å²) in [5.74, 6) is 0.249. The van der Waals surface area contributed by atoms with E-state index in [-0.39, 0.29) is 30.9 Å². The van der Waals surface area contributed by atoms with E-state index < -0.39 is 18.2 Å². The molecule has 1 aliphatic carbocycles. The minimum Gasteiger partial charge on any atom is -1.00 e. The van der Waals surface area contributed by atoms with Crippen LogP contribution in [0.5, 0.6) is 0 Å². The number of nitrogens with two attached hydrogens (primary N) is 1. The number of hydrogen-bond acceptors (Lipinski definition) is 8. The van der Waals surface area contributed by atoms with Crippen molar-refractivity contribution >= 4 is 23.1 Å². The van der Waals surface area contributed by atoms with E-state index in [2.05, 4.69) is 20.3 Å². The highest BCUT2D eigenvalue weighted by atomic mass is 35.5. The number of anilines is 2. The number of aliphatic hydroxyl groups excluding tert-OH is 3. The smallest absolute Gasteiger partial charge is 0.272 e. The van der Waals surface area contributed by atoms with Crippen LogP contribution in [0.1, 0.15) is 6.42 Å². The third-order valence-electron chi connectivity index (χ3n) is 3.88. The van der Waals surface area contributed by atoms with Gasteiger partial charge >= 0.3 is 0 Å². The molecule has 2 aromatic heterocycles. The largest absolute Gasteiger partial charge is 1.00 e. The topological polar surface area (TPSA) is 139 Å². The Hall–Kier alpha value is -1.52. The minimum atomic E-state index is -0.978. The molecular weight excluding hydrogens is 342 g/mol. The lowest BCUT2D eigenvalue weighted by molar-refractivity contribution is -0.358. The molecule has 0 amide bonds. The highest BCUT2D eigenvalue weighted by Crippen LogP contribution is 2.32. The van der Waals surface area contributed by atoms with E-state index in [1.165, 1.54) is 11.3 Å². The average Bonchev–Trinajstić information content (AvgIpc) is 3.12.